The number of piperidine rings is 1. The molecule has 1 aliphatic heterocycles. The van der Waals surface area contributed by atoms with E-state index in [1.165, 1.54) is 12.8 Å². The van der Waals surface area contributed by atoms with Crippen LogP contribution in [0.2, 0.25) is 5.15 Å². The number of thiophene rings is 1. The molecule has 0 aliphatic carbocycles. The molecular weight excluding hydrogens is 302 g/mol. The molecular formula is C16H22ClN3S. The van der Waals surface area contributed by atoms with E-state index in [4.69, 9.17) is 11.6 Å². The molecule has 0 radical (unpaired) electrons. The van der Waals surface area contributed by atoms with Crippen molar-refractivity contribution in [3.8, 4) is 0 Å². The Balaban J connectivity index is 1.67. The van der Waals surface area contributed by atoms with Crippen molar-refractivity contribution in [3.05, 3.63) is 22.4 Å². The fraction of sp³-hybridized carbons (Fsp3) is 0.625. The summed E-state index contributed by atoms with van der Waals surface area (Å²) in [6.07, 6.45) is 2.52. The van der Waals surface area contributed by atoms with Crippen molar-refractivity contribution < 1.29 is 0 Å². The van der Waals surface area contributed by atoms with Crippen molar-refractivity contribution in [2.45, 2.75) is 40.2 Å². The summed E-state index contributed by atoms with van der Waals surface area (Å²) >= 11 is 7.87. The average Bonchev–Trinajstić information content (AvgIpc) is 2.87. The molecule has 2 aromatic rings. The summed E-state index contributed by atoms with van der Waals surface area (Å²) in [5.74, 6) is 1.67. The largest absolute Gasteiger partial charge is 0.296 e. The van der Waals surface area contributed by atoms with Crippen molar-refractivity contribution in [2.24, 2.45) is 11.3 Å². The molecule has 0 amide bonds. The van der Waals surface area contributed by atoms with E-state index in [0.717, 1.165) is 41.6 Å². The molecule has 3 nitrogen and oxygen atoms in total. The minimum Gasteiger partial charge on any atom is -0.296 e. The molecule has 1 aliphatic rings. The van der Waals surface area contributed by atoms with E-state index in [0.29, 0.717) is 10.6 Å². The van der Waals surface area contributed by atoms with Gasteiger partial charge in [0.2, 0.25) is 0 Å². The lowest BCUT2D eigenvalue weighted by Crippen LogP contribution is -2.37. The van der Waals surface area contributed by atoms with Crippen molar-refractivity contribution >= 4 is 33.2 Å². The van der Waals surface area contributed by atoms with Gasteiger partial charge in [-0.3, -0.25) is 4.90 Å². The minimum atomic E-state index is 0.418. The molecule has 0 aromatic carbocycles. The van der Waals surface area contributed by atoms with Crippen LogP contribution in [0.25, 0.3) is 10.2 Å². The van der Waals surface area contributed by atoms with Crippen molar-refractivity contribution in [1.82, 2.24) is 14.9 Å². The number of likely N-dealkylation sites (tertiary alicyclic amines) is 1. The number of halogens is 1. The fourth-order valence-electron chi connectivity index (χ4n) is 3.09. The smallest absolute Gasteiger partial charge is 0.145 e. The standard InChI is InChI=1S/C16H22ClN3S/c1-16(2,3)11-4-7-20(8-5-11)10-13-18-14(17)12-6-9-21-15(12)19-13/h6,9,11H,4-5,7-8,10H2,1-3H3. The molecule has 5 heteroatoms. The van der Waals surface area contributed by atoms with Crippen LogP contribution >= 0.6 is 22.9 Å². The molecule has 2 aromatic heterocycles. The van der Waals surface area contributed by atoms with Crippen molar-refractivity contribution in [1.29, 1.82) is 0 Å². The quantitative estimate of drug-likeness (QED) is 0.756. The van der Waals surface area contributed by atoms with Crippen molar-refractivity contribution in [3.63, 3.8) is 0 Å². The van der Waals surface area contributed by atoms with Gasteiger partial charge in [-0.1, -0.05) is 32.4 Å². The first-order chi connectivity index (χ1) is 9.93. The summed E-state index contributed by atoms with van der Waals surface area (Å²) in [4.78, 5) is 12.5. The van der Waals surface area contributed by atoms with E-state index in [-0.39, 0.29) is 0 Å². The molecule has 3 heterocycles. The summed E-state index contributed by atoms with van der Waals surface area (Å²) in [5, 5.41) is 3.57. The van der Waals surface area contributed by atoms with E-state index in [1.54, 1.807) is 11.3 Å². The minimum absolute atomic E-state index is 0.418. The second-order valence-electron chi connectivity index (χ2n) is 6.99. The van der Waals surface area contributed by atoms with Gasteiger partial charge in [0, 0.05) is 5.39 Å². The predicted octanol–water partition coefficient (Wildman–Crippen LogP) is 4.60. The van der Waals surface area contributed by atoms with E-state index in [9.17, 15) is 0 Å². The number of fused-ring (bicyclic) bond motifs is 1. The lowest BCUT2D eigenvalue weighted by molar-refractivity contribution is 0.106. The fourth-order valence-corrected chi connectivity index (χ4v) is 4.18. The molecule has 3 rings (SSSR count). The highest BCUT2D eigenvalue weighted by Gasteiger charge is 2.28. The van der Waals surface area contributed by atoms with E-state index in [2.05, 4.69) is 35.6 Å². The van der Waals surface area contributed by atoms with Crippen LogP contribution in [0.4, 0.5) is 0 Å². The van der Waals surface area contributed by atoms with Gasteiger partial charge >= 0.3 is 0 Å². The van der Waals surface area contributed by atoms with Crippen LogP contribution in [0, 0.1) is 11.3 Å². The monoisotopic (exact) mass is 323 g/mol. The number of aromatic nitrogens is 2. The van der Waals surface area contributed by atoms with Gasteiger partial charge in [-0.2, -0.15) is 0 Å². The third kappa shape index (κ3) is 3.38. The topological polar surface area (TPSA) is 29.0 Å². The summed E-state index contributed by atoms with van der Waals surface area (Å²) < 4.78 is 0. The van der Waals surface area contributed by atoms with Crippen molar-refractivity contribution in [2.75, 3.05) is 13.1 Å². The Morgan fingerprint density at radius 2 is 2.00 bits per heavy atom. The van der Waals surface area contributed by atoms with Crippen LogP contribution in [0.15, 0.2) is 11.4 Å². The Morgan fingerprint density at radius 3 is 2.67 bits per heavy atom. The van der Waals surface area contributed by atoms with Gasteiger partial charge in [-0.05, 0) is 48.7 Å². The third-order valence-electron chi connectivity index (χ3n) is 4.50. The maximum atomic E-state index is 6.24. The lowest BCUT2D eigenvalue weighted by Gasteiger charge is -2.38. The molecule has 0 bridgehead atoms. The van der Waals surface area contributed by atoms with Gasteiger partial charge in [0.25, 0.3) is 0 Å². The highest BCUT2D eigenvalue weighted by atomic mass is 35.5. The maximum absolute atomic E-state index is 6.24. The Hall–Kier alpha value is -0.710. The predicted molar refractivity (Wildman–Crippen MR) is 89.9 cm³/mol. The number of hydrogen-bond donors (Lipinski definition) is 0. The third-order valence-corrected chi connectivity index (χ3v) is 5.60. The Bertz CT molecular complexity index is 624. The highest BCUT2D eigenvalue weighted by Crippen LogP contribution is 2.34. The summed E-state index contributed by atoms with van der Waals surface area (Å²) in [6, 6.07) is 1.99. The number of hydrogen-bond acceptors (Lipinski definition) is 4. The van der Waals surface area contributed by atoms with Crippen LogP contribution < -0.4 is 0 Å². The van der Waals surface area contributed by atoms with Gasteiger partial charge in [0.1, 0.15) is 15.8 Å². The molecule has 0 unspecified atom stereocenters. The van der Waals surface area contributed by atoms with E-state index in [1.807, 2.05) is 11.4 Å². The van der Waals surface area contributed by atoms with E-state index < -0.39 is 0 Å². The Labute approximate surface area is 135 Å². The first-order valence-electron chi connectivity index (χ1n) is 7.55. The highest BCUT2D eigenvalue weighted by molar-refractivity contribution is 7.16. The molecule has 0 spiro atoms. The molecule has 1 fully saturated rings. The molecule has 1 saturated heterocycles. The first-order valence-corrected chi connectivity index (χ1v) is 8.81. The van der Waals surface area contributed by atoms with Gasteiger partial charge in [0.05, 0.1) is 6.54 Å². The second kappa shape index (κ2) is 5.82. The van der Waals surface area contributed by atoms with Gasteiger partial charge < -0.3 is 0 Å². The SMILES string of the molecule is CC(C)(C)C1CCN(Cc2nc(Cl)c3ccsc3n2)CC1. The maximum Gasteiger partial charge on any atom is 0.145 e. The van der Waals surface area contributed by atoms with Crippen LogP contribution in [0.3, 0.4) is 0 Å². The summed E-state index contributed by atoms with van der Waals surface area (Å²) in [7, 11) is 0. The summed E-state index contributed by atoms with van der Waals surface area (Å²) in [6.45, 7) is 10.1. The van der Waals surface area contributed by atoms with Crippen LogP contribution in [0.5, 0.6) is 0 Å². The van der Waals surface area contributed by atoms with E-state index >= 15 is 0 Å². The van der Waals surface area contributed by atoms with Crippen LogP contribution in [-0.2, 0) is 6.54 Å². The van der Waals surface area contributed by atoms with Crippen LogP contribution in [-0.4, -0.2) is 28.0 Å². The van der Waals surface area contributed by atoms with Gasteiger partial charge in [0.15, 0.2) is 0 Å². The molecule has 0 N–H and O–H groups in total. The Kier molecular flexibility index (Phi) is 4.21. The zero-order chi connectivity index (χ0) is 15.0. The molecule has 21 heavy (non-hydrogen) atoms. The second-order valence-corrected chi connectivity index (χ2v) is 8.24. The average molecular weight is 324 g/mol. The Morgan fingerprint density at radius 1 is 1.29 bits per heavy atom. The number of nitrogens with zero attached hydrogens (tertiary/aromatic N) is 3. The molecule has 0 atom stereocenters. The summed E-state index contributed by atoms with van der Waals surface area (Å²) in [5.41, 5.74) is 0.418. The normalized spacial score (nSPS) is 18.5. The van der Waals surface area contributed by atoms with Gasteiger partial charge in [-0.15, -0.1) is 11.3 Å². The first kappa shape index (κ1) is 15.2. The lowest BCUT2D eigenvalue weighted by atomic mass is 9.75. The molecule has 114 valence electrons. The van der Waals surface area contributed by atoms with Gasteiger partial charge in [-0.25, -0.2) is 9.97 Å². The van der Waals surface area contributed by atoms with Crippen LogP contribution in [0.1, 0.15) is 39.4 Å². The zero-order valence-corrected chi connectivity index (χ0v) is 14.5. The molecule has 0 saturated carbocycles. The number of rotatable bonds is 2. The zero-order valence-electron chi connectivity index (χ0n) is 12.9.